The Kier molecular flexibility index (Phi) is 72.2. The van der Waals surface area contributed by atoms with Crippen LogP contribution in [0, 0.1) is 11.8 Å². The van der Waals surface area contributed by atoms with E-state index >= 15 is 0 Å². The van der Waals surface area contributed by atoms with Crippen molar-refractivity contribution in [3.05, 3.63) is 0 Å². The molecule has 3 unspecified atom stereocenters. The molecule has 3 N–H and O–H groups in total. The highest BCUT2D eigenvalue weighted by atomic mass is 31.2. The number of phosphoric ester groups is 2. The van der Waals surface area contributed by atoms with Crippen LogP contribution in [0.1, 0.15) is 433 Å². The van der Waals surface area contributed by atoms with Gasteiger partial charge in [-0.05, 0) is 37.5 Å². The quantitative estimate of drug-likeness (QED) is 0.0222. The van der Waals surface area contributed by atoms with E-state index in [-0.39, 0.29) is 25.7 Å². The van der Waals surface area contributed by atoms with Gasteiger partial charge in [0.25, 0.3) is 0 Å². The van der Waals surface area contributed by atoms with Crippen LogP contribution in [-0.2, 0) is 65.4 Å². The van der Waals surface area contributed by atoms with Crippen molar-refractivity contribution < 1.29 is 80.2 Å². The molecule has 0 saturated carbocycles. The monoisotopic (exact) mass is 1480 g/mol. The number of rotatable bonds is 81. The standard InChI is InChI=1S/C82H160O17P2/c1-7-10-12-14-16-18-20-22-28-33-37-41-45-52-58-64-79(84)92-70-77(98-81(86)66-61-55-47-43-39-35-31-27-25-24-26-30-32-36-40-44-50-56-62-74(4)5)72-96-100(88,89)94-68-76(83)69-95-101(90,91)97-73-78(71-93-80(85)65-59-53-49-48-51-57-63-75(6)9-3)99-82(87)67-60-54-46-42-38-34-29-23-21-19-17-15-13-11-8-2/h74-78,83H,7-73H2,1-6H3,(H,88,89)(H,90,91)/t75?,76-,77-,78-/m1/s1. The lowest BCUT2D eigenvalue weighted by Crippen LogP contribution is -2.30. The number of ether oxygens (including phenoxy) is 4. The van der Waals surface area contributed by atoms with E-state index < -0.39 is 97.5 Å². The van der Waals surface area contributed by atoms with Crippen molar-refractivity contribution in [3.63, 3.8) is 0 Å². The minimum Gasteiger partial charge on any atom is -0.462 e. The Morgan fingerprint density at radius 3 is 0.752 bits per heavy atom. The molecule has 0 heterocycles. The van der Waals surface area contributed by atoms with Gasteiger partial charge >= 0.3 is 39.5 Å². The summed E-state index contributed by atoms with van der Waals surface area (Å²) in [5.74, 6) is -0.555. The van der Waals surface area contributed by atoms with E-state index in [1.165, 1.54) is 244 Å². The Labute approximate surface area is 619 Å². The van der Waals surface area contributed by atoms with Gasteiger partial charge in [-0.3, -0.25) is 37.3 Å². The van der Waals surface area contributed by atoms with E-state index in [0.717, 1.165) is 108 Å². The van der Waals surface area contributed by atoms with Crippen LogP contribution in [0.4, 0.5) is 0 Å². The first kappa shape index (κ1) is 99.1. The highest BCUT2D eigenvalue weighted by Gasteiger charge is 2.30. The van der Waals surface area contributed by atoms with Crippen molar-refractivity contribution in [2.45, 2.75) is 452 Å². The maximum Gasteiger partial charge on any atom is 0.472 e. The first-order chi connectivity index (χ1) is 48.9. The molecule has 0 fully saturated rings. The van der Waals surface area contributed by atoms with Crippen molar-refractivity contribution >= 4 is 39.5 Å². The third-order valence-corrected chi connectivity index (χ3v) is 21.5. The number of unbranched alkanes of at least 4 members (excludes halogenated alkanes) is 50. The molecule has 0 amide bonds. The maximum atomic E-state index is 13.1. The van der Waals surface area contributed by atoms with Crippen LogP contribution in [0.2, 0.25) is 0 Å². The molecule has 0 aromatic carbocycles. The second-order valence-electron chi connectivity index (χ2n) is 30.2. The molecule has 0 rings (SSSR count). The van der Waals surface area contributed by atoms with Crippen LogP contribution in [-0.4, -0.2) is 96.7 Å². The lowest BCUT2D eigenvalue weighted by Gasteiger charge is -2.21. The first-order valence-electron chi connectivity index (χ1n) is 42.5. The number of phosphoric acid groups is 2. The van der Waals surface area contributed by atoms with E-state index in [2.05, 4.69) is 41.5 Å². The highest BCUT2D eigenvalue weighted by Crippen LogP contribution is 2.45. The van der Waals surface area contributed by atoms with Gasteiger partial charge in [-0.1, -0.05) is 382 Å². The van der Waals surface area contributed by atoms with Gasteiger partial charge in [0.05, 0.1) is 26.4 Å². The molecule has 0 aliphatic rings. The summed E-state index contributed by atoms with van der Waals surface area (Å²) in [5.41, 5.74) is 0. The molecule has 17 nitrogen and oxygen atoms in total. The third kappa shape index (κ3) is 74.7. The number of esters is 4. The largest absolute Gasteiger partial charge is 0.472 e. The normalized spacial score (nSPS) is 14.2. The van der Waals surface area contributed by atoms with Crippen molar-refractivity contribution in [2.75, 3.05) is 39.6 Å². The Hall–Kier alpha value is -1.94. The summed E-state index contributed by atoms with van der Waals surface area (Å²) in [5, 5.41) is 10.6. The minimum atomic E-state index is -4.96. The van der Waals surface area contributed by atoms with Gasteiger partial charge in [-0.25, -0.2) is 9.13 Å². The van der Waals surface area contributed by atoms with Gasteiger partial charge in [0, 0.05) is 25.7 Å². The van der Waals surface area contributed by atoms with E-state index in [1.807, 2.05) is 0 Å². The number of aliphatic hydroxyl groups excluding tert-OH is 1. The van der Waals surface area contributed by atoms with Crippen molar-refractivity contribution in [1.82, 2.24) is 0 Å². The molecule has 0 saturated heterocycles. The zero-order chi connectivity index (χ0) is 74.2. The second-order valence-corrected chi connectivity index (χ2v) is 33.1. The molecule has 600 valence electrons. The van der Waals surface area contributed by atoms with Crippen LogP contribution >= 0.6 is 15.6 Å². The van der Waals surface area contributed by atoms with E-state index in [1.54, 1.807) is 0 Å². The molecule has 19 heteroatoms. The van der Waals surface area contributed by atoms with Gasteiger partial charge in [0.1, 0.15) is 19.3 Å². The van der Waals surface area contributed by atoms with Gasteiger partial charge in [0.15, 0.2) is 12.2 Å². The smallest absolute Gasteiger partial charge is 0.462 e. The first-order valence-corrected chi connectivity index (χ1v) is 45.5. The minimum absolute atomic E-state index is 0.107. The van der Waals surface area contributed by atoms with Crippen LogP contribution in [0.3, 0.4) is 0 Å². The van der Waals surface area contributed by atoms with Gasteiger partial charge in [-0.15, -0.1) is 0 Å². The van der Waals surface area contributed by atoms with Gasteiger partial charge in [0.2, 0.25) is 0 Å². The maximum absolute atomic E-state index is 13.1. The zero-order valence-corrected chi connectivity index (χ0v) is 68.0. The molecule has 6 atom stereocenters. The van der Waals surface area contributed by atoms with Gasteiger partial charge in [-0.2, -0.15) is 0 Å². The highest BCUT2D eigenvalue weighted by molar-refractivity contribution is 7.47. The summed E-state index contributed by atoms with van der Waals surface area (Å²) >= 11 is 0. The van der Waals surface area contributed by atoms with Crippen LogP contribution in [0.5, 0.6) is 0 Å². The fourth-order valence-corrected chi connectivity index (χ4v) is 14.3. The molecule has 0 aliphatic carbocycles. The summed E-state index contributed by atoms with van der Waals surface area (Å²) in [4.78, 5) is 73.1. The fraction of sp³-hybridized carbons (Fsp3) is 0.951. The van der Waals surface area contributed by atoms with Crippen molar-refractivity contribution in [3.8, 4) is 0 Å². The summed E-state index contributed by atoms with van der Waals surface area (Å²) in [7, 11) is -9.92. The molecule has 101 heavy (non-hydrogen) atoms. The number of hydrogen-bond acceptors (Lipinski definition) is 15. The van der Waals surface area contributed by atoms with Crippen LogP contribution in [0.15, 0.2) is 0 Å². The number of aliphatic hydroxyl groups is 1. The summed E-state index contributed by atoms with van der Waals surface area (Å²) in [6, 6.07) is 0. The molecule has 0 aliphatic heterocycles. The van der Waals surface area contributed by atoms with E-state index in [9.17, 15) is 43.2 Å². The summed E-state index contributed by atoms with van der Waals surface area (Å²) < 4.78 is 68.7. The van der Waals surface area contributed by atoms with Crippen LogP contribution in [0.25, 0.3) is 0 Å². The predicted octanol–water partition coefficient (Wildman–Crippen LogP) is 24.7. The van der Waals surface area contributed by atoms with Crippen LogP contribution < -0.4 is 0 Å². The Balaban J connectivity index is 5.22. The van der Waals surface area contributed by atoms with E-state index in [4.69, 9.17) is 37.0 Å². The molecule has 0 bridgehead atoms. The zero-order valence-electron chi connectivity index (χ0n) is 66.2. The van der Waals surface area contributed by atoms with Crippen molar-refractivity contribution in [2.24, 2.45) is 11.8 Å². The molecule has 0 aromatic heterocycles. The average Bonchev–Trinajstić information content (AvgIpc) is 0.925. The Morgan fingerprint density at radius 2 is 0.505 bits per heavy atom. The summed E-state index contributed by atoms with van der Waals surface area (Å²) in [6.07, 6.45) is 63.8. The molecular weight excluding hydrogens is 1320 g/mol. The number of hydrogen-bond donors (Lipinski definition) is 3. The topological polar surface area (TPSA) is 237 Å². The molecule has 0 radical (unpaired) electrons. The predicted molar refractivity (Wildman–Crippen MR) is 414 cm³/mol. The number of carbonyl (C=O) groups is 4. The summed E-state index contributed by atoms with van der Waals surface area (Å²) in [6.45, 7) is 9.64. The van der Waals surface area contributed by atoms with E-state index in [0.29, 0.717) is 25.7 Å². The fourth-order valence-electron chi connectivity index (χ4n) is 12.7. The Morgan fingerprint density at radius 1 is 0.287 bits per heavy atom. The van der Waals surface area contributed by atoms with Crippen molar-refractivity contribution in [1.29, 1.82) is 0 Å². The van der Waals surface area contributed by atoms with Gasteiger partial charge < -0.3 is 33.8 Å². The SMILES string of the molecule is CCCCCCCCCCCCCCCCCC(=O)OC[C@H](COP(=O)(O)OC[C@@H](O)COP(=O)(O)OC[C@@H](COC(=O)CCCCCCCCC(C)CC)OC(=O)CCCCCCCCCCCCCCCCC)OC(=O)CCCCCCCCCCCCCCCCCCCCC(C)C. The average molecular weight is 1480 g/mol. The lowest BCUT2D eigenvalue weighted by atomic mass is 10.00. The lowest BCUT2D eigenvalue weighted by molar-refractivity contribution is -0.161. The molecular formula is C82H160O17P2. The number of carbonyl (C=O) groups excluding carboxylic acids is 4. The molecule has 0 aromatic rings. The molecule has 0 spiro atoms. The second kappa shape index (κ2) is 73.6. The third-order valence-electron chi connectivity index (χ3n) is 19.6. The Bertz CT molecular complexity index is 1940.